The summed E-state index contributed by atoms with van der Waals surface area (Å²) in [6.45, 7) is 10.5. The Labute approximate surface area is 110 Å². The zero-order valence-corrected chi connectivity index (χ0v) is 12.0. The molecule has 0 aromatic heterocycles. The molecule has 0 aromatic carbocycles. The highest BCUT2D eigenvalue weighted by molar-refractivity contribution is 5.69. The van der Waals surface area contributed by atoms with Gasteiger partial charge >= 0.3 is 6.09 Å². The highest BCUT2D eigenvalue weighted by Gasteiger charge is 2.54. The van der Waals surface area contributed by atoms with Crippen molar-refractivity contribution in [3.63, 3.8) is 0 Å². The Morgan fingerprint density at radius 1 is 1.44 bits per heavy atom. The average molecular weight is 254 g/mol. The number of nitrogens with zero attached hydrogens (tertiary/aromatic N) is 1. The Morgan fingerprint density at radius 2 is 2.00 bits per heavy atom. The van der Waals surface area contributed by atoms with Gasteiger partial charge in [-0.3, -0.25) is 0 Å². The van der Waals surface area contributed by atoms with Gasteiger partial charge in [0.2, 0.25) is 0 Å². The number of hydrogen-bond donors (Lipinski definition) is 1. The number of hydrogen-bond acceptors (Lipinski definition) is 3. The third-order valence-corrected chi connectivity index (χ3v) is 4.27. The van der Waals surface area contributed by atoms with Crippen molar-refractivity contribution in [1.82, 2.24) is 4.90 Å². The molecule has 1 saturated carbocycles. The molecule has 0 bridgehead atoms. The predicted octanol–water partition coefficient (Wildman–Crippen LogP) is 2.23. The van der Waals surface area contributed by atoms with E-state index < -0.39 is 5.60 Å². The topological polar surface area (TPSA) is 55.6 Å². The monoisotopic (exact) mass is 254 g/mol. The van der Waals surface area contributed by atoms with E-state index in [0.717, 1.165) is 25.6 Å². The number of nitrogens with two attached hydrogens (primary N) is 1. The predicted molar refractivity (Wildman–Crippen MR) is 71.2 cm³/mol. The minimum Gasteiger partial charge on any atom is -0.444 e. The van der Waals surface area contributed by atoms with Crippen molar-refractivity contribution in [1.29, 1.82) is 0 Å². The number of amides is 1. The maximum Gasteiger partial charge on any atom is 0.410 e. The first kappa shape index (κ1) is 13.7. The van der Waals surface area contributed by atoms with Crippen LogP contribution in [0.15, 0.2) is 0 Å². The summed E-state index contributed by atoms with van der Waals surface area (Å²) in [6, 6.07) is 0. The fraction of sp³-hybridized carbons (Fsp3) is 0.929. The lowest BCUT2D eigenvalue weighted by atomic mass is 9.55. The van der Waals surface area contributed by atoms with E-state index in [1.807, 2.05) is 25.7 Å². The van der Waals surface area contributed by atoms with E-state index in [4.69, 9.17) is 10.5 Å². The minimum atomic E-state index is -0.393. The van der Waals surface area contributed by atoms with Crippen molar-refractivity contribution >= 4 is 6.09 Å². The maximum absolute atomic E-state index is 11.8. The van der Waals surface area contributed by atoms with Gasteiger partial charge in [0.1, 0.15) is 5.60 Å². The number of carbonyl (C=O) groups is 1. The van der Waals surface area contributed by atoms with Crippen LogP contribution in [-0.4, -0.2) is 36.2 Å². The molecule has 0 aromatic rings. The van der Waals surface area contributed by atoms with Crippen LogP contribution in [0.1, 0.15) is 40.5 Å². The second-order valence-corrected chi connectivity index (χ2v) is 7.22. The molecule has 1 spiro atoms. The summed E-state index contributed by atoms with van der Waals surface area (Å²) in [6.07, 6.45) is 2.29. The first-order valence-electron chi connectivity index (χ1n) is 6.93. The molecule has 1 atom stereocenters. The van der Waals surface area contributed by atoms with E-state index in [2.05, 4.69) is 6.92 Å². The van der Waals surface area contributed by atoms with Crippen molar-refractivity contribution in [3.8, 4) is 0 Å². The molecule has 1 saturated heterocycles. The van der Waals surface area contributed by atoms with Crippen LogP contribution in [0.25, 0.3) is 0 Å². The smallest absolute Gasteiger partial charge is 0.410 e. The second-order valence-electron chi connectivity index (χ2n) is 7.22. The largest absolute Gasteiger partial charge is 0.444 e. The summed E-state index contributed by atoms with van der Waals surface area (Å²) in [5.74, 6) is 1.38. The quantitative estimate of drug-likeness (QED) is 0.822. The molecular weight excluding hydrogens is 228 g/mol. The fourth-order valence-corrected chi connectivity index (χ4v) is 3.12. The molecule has 2 aliphatic rings. The Bertz CT molecular complexity index is 321. The van der Waals surface area contributed by atoms with Gasteiger partial charge in [0.25, 0.3) is 0 Å². The van der Waals surface area contributed by atoms with Gasteiger partial charge in [0.15, 0.2) is 0 Å². The summed E-state index contributed by atoms with van der Waals surface area (Å²) in [5, 5.41) is 0. The molecule has 2 N–H and O–H groups in total. The van der Waals surface area contributed by atoms with Crippen LogP contribution >= 0.6 is 0 Å². The van der Waals surface area contributed by atoms with Crippen molar-refractivity contribution in [3.05, 3.63) is 0 Å². The first-order valence-corrected chi connectivity index (χ1v) is 6.93. The normalized spacial score (nSPS) is 24.4. The molecule has 4 nitrogen and oxygen atoms in total. The van der Waals surface area contributed by atoms with Gasteiger partial charge in [-0.25, -0.2) is 4.79 Å². The van der Waals surface area contributed by atoms with Crippen LogP contribution in [0.2, 0.25) is 0 Å². The molecule has 2 fully saturated rings. The SMILES string of the molecule is C[C@H](CN)C1CC2(C1)CN(C(=O)OC(C)(C)C)C2. The number of carbonyl (C=O) groups excluding carboxylic acids is 1. The lowest BCUT2D eigenvalue weighted by molar-refractivity contribution is -0.105. The third-order valence-electron chi connectivity index (χ3n) is 4.27. The van der Waals surface area contributed by atoms with Gasteiger partial charge in [0.05, 0.1) is 0 Å². The molecule has 0 unspecified atom stereocenters. The van der Waals surface area contributed by atoms with Gasteiger partial charge in [-0.15, -0.1) is 0 Å². The molecule has 2 rings (SSSR count). The number of ether oxygens (including phenoxy) is 1. The van der Waals surface area contributed by atoms with Crippen molar-refractivity contribution in [2.24, 2.45) is 23.0 Å². The van der Waals surface area contributed by atoms with E-state index >= 15 is 0 Å². The highest BCUT2D eigenvalue weighted by atomic mass is 16.6. The van der Waals surface area contributed by atoms with E-state index in [9.17, 15) is 4.79 Å². The molecular formula is C14H26N2O2. The standard InChI is InChI=1S/C14H26N2O2/c1-10(7-15)11-5-14(6-11)8-16(9-14)12(17)18-13(2,3)4/h10-11H,5-9,15H2,1-4H3/t10-/m1/s1. The molecule has 0 radical (unpaired) electrons. The van der Waals surface area contributed by atoms with E-state index in [-0.39, 0.29) is 6.09 Å². The zero-order chi connectivity index (χ0) is 13.6. The van der Waals surface area contributed by atoms with Crippen LogP contribution in [0, 0.1) is 17.3 Å². The molecule has 4 heteroatoms. The van der Waals surface area contributed by atoms with Gasteiger partial charge in [-0.1, -0.05) is 6.92 Å². The lowest BCUT2D eigenvalue weighted by Crippen LogP contribution is -2.65. The van der Waals surface area contributed by atoms with E-state index in [1.165, 1.54) is 12.8 Å². The van der Waals surface area contributed by atoms with E-state index in [0.29, 0.717) is 11.3 Å². The highest BCUT2D eigenvalue weighted by Crippen LogP contribution is 2.54. The van der Waals surface area contributed by atoms with Crippen LogP contribution in [0.3, 0.4) is 0 Å². The summed E-state index contributed by atoms with van der Waals surface area (Å²) >= 11 is 0. The van der Waals surface area contributed by atoms with Crippen LogP contribution in [-0.2, 0) is 4.74 Å². The molecule has 1 aliphatic heterocycles. The van der Waals surface area contributed by atoms with Crippen molar-refractivity contribution in [2.75, 3.05) is 19.6 Å². The Kier molecular flexibility index (Phi) is 3.34. The first-order chi connectivity index (χ1) is 8.25. The van der Waals surface area contributed by atoms with Gasteiger partial charge < -0.3 is 15.4 Å². The maximum atomic E-state index is 11.8. The van der Waals surface area contributed by atoms with Crippen molar-refractivity contribution < 1.29 is 9.53 Å². The van der Waals surface area contributed by atoms with Gasteiger partial charge in [0, 0.05) is 18.5 Å². The minimum absolute atomic E-state index is 0.163. The fourth-order valence-electron chi connectivity index (χ4n) is 3.12. The molecule has 1 amide bonds. The Balaban J connectivity index is 1.74. The number of likely N-dealkylation sites (tertiary alicyclic amines) is 1. The summed E-state index contributed by atoms with van der Waals surface area (Å²) < 4.78 is 5.37. The number of rotatable bonds is 2. The summed E-state index contributed by atoms with van der Waals surface area (Å²) in [4.78, 5) is 13.7. The van der Waals surface area contributed by atoms with Gasteiger partial charge in [-0.2, -0.15) is 0 Å². The van der Waals surface area contributed by atoms with Crippen molar-refractivity contribution in [2.45, 2.75) is 46.1 Å². The Hall–Kier alpha value is -0.770. The summed E-state index contributed by atoms with van der Waals surface area (Å²) in [7, 11) is 0. The third kappa shape index (κ3) is 2.63. The second kappa shape index (κ2) is 4.41. The van der Waals surface area contributed by atoms with Gasteiger partial charge in [-0.05, 0) is 52.0 Å². The van der Waals surface area contributed by atoms with Crippen LogP contribution in [0.4, 0.5) is 4.79 Å². The molecule has 1 aliphatic carbocycles. The molecule has 104 valence electrons. The van der Waals surface area contributed by atoms with E-state index in [1.54, 1.807) is 0 Å². The lowest BCUT2D eigenvalue weighted by Gasteiger charge is -2.60. The Morgan fingerprint density at radius 3 is 2.44 bits per heavy atom. The van der Waals surface area contributed by atoms with Crippen LogP contribution in [0.5, 0.6) is 0 Å². The average Bonchev–Trinajstić information content (AvgIpc) is 2.09. The summed E-state index contributed by atoms with van der Waals surface area (Å²) in [5.41, 5.74) is 5.69. The molecule has 18 heavy (non-hydrogen) atoms. The zero-order valence-electron chi connectivity index (χ0n) is 12.0. The molecule has 1 heterocycles. The van der Waals surface area contributed by atoms with Crippen LogP contribution < -0.4 is 5.73 Å².